The van der Waals surface area contributed by atoms with Crippen molar-refractivity contribution in [3.63, 3.8) is 0 Å². The van der Waals surface area contributed by atoms with Crippen LogP contribution in [0.2, 0.25) is 18.1 Å². The fraction of sp³-hybridized carbons (Fsp3) is 0.889. The zero-order valence-electron chi connectivity index (χ0n) is 17.5. The van der Waals surface area contributed by atoms with E-state index in [1.54, 1.807) is 0 Å². The number of nitrogens with zero attached hydrogens (tertiary/aromatic N) is 1. The Bertz CT molecular complexity index is 511. The van der Waals surface area contributed by atoms with Crippen molar-refractivity contribution >= 4 is 20.5 Å². The lowest BCUT2D eigenvalue weighted by Gasteiger charge is -2.43. The van der Waals surface area contributed by atoms with Gasteiger partial charge < -0.3 is 24.5 Å². The van der Waals surface area contributed by atoms with Gasteiger partial charge in [-0.15, -0.1) is 0 Å². The van der Waals surface area contributed by atoms with Gasteiger partial charge in [-0.25, -0.2) is 9.59 Å². The third-order valence-corrected chi connectivity index (χ3v) is 9.51. The summed E-state index contributed by atoms with van der Waals surface area (Å²) in [6.45, 7) is 17.4. The number of piperidine rings is 1. The van der Waals surface area contributed by atoms with E-state index >= 15 is 0 Å². The van der Waals surface area contributed by atoms with E-state index in [4.69, 9.17) is 9.16 Å². The van der Waals surface area contributed by atoms with Crippen LogP contribution in [0.5, 0.6) is 0 Å². The van der Waals surface area contributed by atoms with Gasteiger partial charge >= 0.3 is 12.2 Å². The summed E-state index contributed by atoms with van der Waals surface area (Å²) in [5.74, 6) is 0.00198. The van der Waals surface area contributed by atoms with Gasteiger partial charge in [0.2, 0.25) is 0 Å². The van der Waals surface area contributed by atoms with Gasteiger partial charge in [-0.1, -0.05) is 20.8 Å². The van der Waals surface area contributed by atoms with Crippen molar-refractivity contribution in [2.75, 3.05) is 19.6 Å². The molecular formula is C18H36N2O5Si. The summed E-state index contributed by atoms with van der Waals surface area (Å²) in [6.07, 6.45) is -0.847. The number of ether oxygens (including phenoxy) is 1. The summed E-state index contributed by atoms with van der Waals surface area (Å²) >= 11 is 0. The van der Waals surface area contributed by atoms with Crippen molar-refractivity contribution in [2.45, 2.75) is 77.8 Å². The van der Waals surface area contributed by atoms with Crippen LogP contribution in [0.3, 0.4) is 0 Å². The van der Waals surface area contributed by atoms with Crippen LogP contribution in [0, 0.1) is 5.92 Å². The van der Waals surface area contributed by atoms with Crippen LogP contribution in [0.15, 0.2) is 0 Å². The Morgan fingerprint density at radius 3 is 2.19 bits per heavy atom. The number of carbonyl (C=O) groups is 2. The summed E-state index contributed by atoms with van der Waals surface area (Å²) in [4.78, 5) is 24.8. The molecule has 0 aromatic carbocycles. The van der Waals surface area contributed by atoms with Crippen molar-refractivity contribution < 1.29 is 23.9 Å². The molecule has 0 bridgehead atoms. The second-order valence-corrected chi connectivity index (χ2v) is 14.4. The standard InChI is InChI=1S/C18H36N2O5Si/c1-17(2,3)24-15(21)19-10-13-9-14(12-20(11-13)16(22)23)25-26(7,8)18(4,5)6/h13-14H,9-12H2,1-8H3,(H,19,21)(H,22,23). The van der Waals surface area contributed by atoms with Crippen molar-refractivity contribution in [2.24, 2.45) is 5.92 Å². The normalized spacial score (nSPS) is 22.1. The number of alkyl carbamates (subject to hydrolysis) is 1. The molecule has 1 saturated heterocycles. The molecule has 2 amide bonds. The number of amides is 2. The monoisotopic (exact) mass is 388 g/mol. The average Bonchev–Trinajstić information content (AvgIpc) is 2.41. The third kappa shape index (κ3) is 7.15. The first kappa shape index (κ1) is 22.8. The van der Waals surface area contributed by atoms with Crippen molar-refractivity contribution in [1.82, 2.24) is 10.2 Å². The van der Waals surface area contributed by atoms with Crippen molar-refractivity contribution in [1.29, 1.82) is 0 Å². The summed E-state index contributed by atoms with van der Waals surface area (Å²) in [7, 11) is -1.99. The highest BCUT2D eigenvalue weighted by Gasteiger charge is 2.41. The second kappa shape index (κ2) is 8.16. The fourth-order valence-electron chi connectivity index (χ4n) is 2.68. The maximum absolute atomic E-state index is 11.9. The van der Waals surface area contributed by atoms with Crippen LogP contribution in [0.25, 0.3) is 0 Å². The zero-order chi connectivity index (χ0) is 20.3. The van der Waals surface area contributed by atoms with Crippen LogP contribution in [-0.2, 0) is 9.16 Å². The van der Waals surface area contributed by atoms with E-state index < -0.39 is 26.1 Å². The number of hydrogen-bond donors (Lipinski definition) is 2. The average molecular weight is 389 g/mol. The first-order chi connectivity index (χ1) is 11.6. The molecule has 2 atom stereocenters. The van der Waals surface area contributed by atoms with E-state index in [1.807, 2.05) is 20.8 Å². The molecule has 1 aliphatic rings. The molecule has 0 radical (unpaired) electrons. The van der Waals surface area contributed by atoms with Crippen LogP contribution >= 0.6 is 0 Å². The smallest absolute Gasteiger partial charge is 0.407 e. The van der Waals surface area contributed by atoms with E-state index in [1.165, 1.54) is 4.90 Å². The largest absolute Gasteiger partial charge is 0.465 e. The fourth-order valence-corrected chi connectivity index (χ4v) is 4.04. The molecule has 1 aliphatic heterocycles. The number of nitrogens with one attached hydrogen (secondary N) is 1. The van der Waals surface area contributed by atoms with E-state index in [2.05, 4.69) is 39.2 Å². The molecule has 0 spiro atoms. The minimum absolute atomic E-state index is 0.00198. The SMILES string of the molecule is CC(C)(C)OC(=O)NCC1CC(O[Si](C)(C)C(C)(C)C)CN(C(=O)O)C1. The maximum Gasteiger partial charge on any atom is 0.407 e. The van der Waals surface area contributed by atoms with Gasteiger partial charge in [-0.2, -0.15) is 0 Å². The van der Waals surface area contributed by atoms with E-state index in [-0.39, 0.29) is 17.1 Å². The molecule has 152 valence electrons. The molecule has 8 heteroatoms. The third-order valence-electron chi connectivity index (χ3n) is 4.97. The Labute approximate surface area is 158 Å². The minimum atomic E-state index is -1.99. The Hall–Kier alpha value is -1.28. The van der Waals surface area contributed by atoms with E-state index in [0.717, 1.165) is 6.42 Å². The summed E-state index contributed by atoms with van der Waals surface area (Å²) < 4.78 is 11.7. The first-order valence-electron chi connectivity index (χ1n) is 9.23. The molecule has 0 aliphatic carbocycles. The first-order valence-corrected chi connectivity index (χ1v) is 12.1. The van der Waals surface area contributed by atoms with Crippen LogP contribution in [-0.4, -0.2) is 61.8 Å². The van der Waals surface area contributed by atoms with Gasteiger partial charge in [0.05, 0.1) is 6.10 Å². The van der Waals surface area contributed by atoms with Gasteiger partial charge in [0.15, 0.2) is 8.32 Å². The Balaban J connectivity index is 2.72. The highest BCUT2D eigenvalue weighted by molar-refractivity contribution is 6.74. The quantitative estimate of drug-likeness (QED) is 0.713. The topological polar surface area (TPSA) is 88.1 Å². The molecule has 1 heterocycles. The molecule has 0 aromatic rings. The predicted molar refractivity (Wildman–Crippen MR) is 104 cm³/mol. The highest BCUT2D eigenvalue weighted by atomic mass is 28.4. The molecule has 2 N–H and O–H groups in total. The zero-order valence-corrected chi connectivity index (χ0v) is 18.5. The maximum atomic E-state index is 11.9. The van der Waals surface area contributed by atoms with Crippen LogP contribution < -0.4 is 5.32 Å². The van der Waals surface area contributed by atoms with E-state index in [0.29, 0.717) is 19.6 Å². The Morgan fingerprint density at radius 2 is 1.73 bits per heavy atom. The lowest BCUT2D eigenvalue weighted by atomic mass is 9.96. The summed E-state index contributed by atoms with van der Waals surface area (Å²) in [6, 6.07) is 0. The molecule has 26 heavy (non-hydrogen) atoms. The lowest BCUT2D eigenvalue weighted by Crippen LogP contribution is -2.53. The van der Waals surface area contributed by atoms with Gasteiger partial charge in [0.1, 0.15) is 5.60 Å². The lowest BCUT2D eigenvalue weighted by molar-refractivity contribution is 0.0384. The molecule has 1 fully saturated rings. The number of rotatable bonds is 4. The minimum Gasteiger partial charge on any atom is -0.465 e. The highest BCUT2D eigenvalue weighted by Crippen LogP contribution is 2.38. The molecule has 1 rings (SSSR count). The number of likely N-dealkylation sites (tertiary alicyclic amines) is 1. The Kier molecular flexibility index (Phi) is 7.15. The Morgan fingerprint density at radius 1 is 1.15 bits per heavy atom. The van der Waals surface area contributed by atoms with E-state index in [9.17, 15) is 14.7 Å². The van der Waals surface area contributed by atoms with Gasteiger partial charge in [-0.3, -0.25) is 0 Å². The van der Waals surface area contributed by atoms with Crippen LogP contribution in [0.4, 0.5) is 9.59 Å². The van der Waals surface area contributed by atoms with Gasteiger partial charge in [0.25, 0.3) is 0 Å². The summed E-state index contributed by atoms with van der Waals surface area (Å²) in [5, 5.41) is 12.2. The molecular weight excluding hydrogens is 352 g/mol. The number of hydrogen-bond acceptors (Lipinski definition) is 4. The molecule has 7 nitrogen and oxygen atoms in total. The van der Waals surface area contributed by atoms with Gasteiger partial charge in [0, 0.05) is 19.6 Å². The van der Waals surface area contributed by atoms with Crippen LogP contribution in [0.1, 0.15) is 48.0 Å². The molecule has 0 saturated carbocycles. The summed E-state index contributed by atoms with van der Waals surface area (Å²) in [5.41, 5.74) is -0.558. The van der Waals surface area contributed by atoms with Crippen molar-refractivity contribution in [3.05, 3.63) is 0 Å². The molecule has 2 unspecified atom stereocenters. The number of carbonyl (C=O) groups excluding carboxylic acids is 1. The predicted octanol–water partition coefficient (Wildman–Crippen LogP) is 3.90. The van der Waals surface area contributed by atoms with Crippen molar-refractivity contribution in [3.8, 4) is 0 Å². The number of carboxylic acid groups (broad SMARTS) is 1. The van der Waals surface area contributed by atoms with Gasteiger partial charge in [-0.05, 0) is 51.2 Å². The molecule has 0 aromatic heterocycles. The second-order valence-electron chi connectivity index (χ2n) is 9.67.